The Morgan fingerprint density at radius 2 is 1.91 bits per heavy atom. The van der Waals surface area contributed by atoms with E-state index < -0.39 is 0 Å². The van der Waals surface area contributed by atoms with Crippen molar-refractivity contribution in [3.63, 3.8) is 0 Å². The molecule has 2 heterocycles. The second-order valence-electron chi connectivity index (χ2n) is 6.29. The number of benzene rings is 2. The van der Waals surface area contributed by atoms with E-state index in [4.69, 9.17) is 0 Å². The number of aromatic amines is 1. The Balaban J connectivity index is 1.62. The third-order valence-electron chi connectivity index (χ3n) is 4.80. The van der Waals surface area contributed by atoms with Gasteiger partial charge in [-0.3, -0.25) is 4.90 Å². The minimum Gasteiger partial charge on any atom is -0.361 e. The summed E-state index contributed by atoms with van der Waals surface area (Å²) in [5.74, 6) is 0. The molecule has 1 fully saturated rings. The van der Waals surface area contributed by atoms with Crippen LogP contribution in [0.1, 0.15) is 36.4 Å². The van der Waals surface area contributed by atoms with E-state index in [1.165, 1.54) is 47.8 Å². The van der Waals surface area contributed by atoms with Crippen molar-refractivity contribution < 1.29 is 0 Å². The molecule has 1 aromatic heterocycles. The molecule has 1 saturated heterocycles. The minimum atomic E-state index is 0.549. The molecule has 4 rings (SSSR count). The van der Waals surface area contributed by atoms with Gasteiger partial charge in [-0.1, -0.05) is 42.8 Å². The van der Waals surface area contributed by atoms with Crippen molar-refractivity contribution in [1.82, 2.24) is 9.88 Å². The van der Waals surface area contributed by atoms with Gasteiger partial charge in [-0.25, -0.2) is 0 Å². The SMILES string of the molecule is c1ccc(CN2CCCC[C@H]2c2ccc3[nH]ccc3c2)cc1. The Morgan fingerprint density at radius 3 is 2.82 bits per heavy atom. The second-order valence-corrected chi connectivity index (χ2v) is 6.29. The maximum absolute atomic E-state index is 3.29. The lowest BCUT2D eigenvalue weighted by molar-refractivity contribution is 0.140. The van der Waals surface area contributed by atoms with E-state index in [0.29, 0.717) is 6.04 Å². The first kappa shape index (κ1) is 13.6. The van der Waals surface area contributed by atoms with Crippen LogP contribution in [0.25, 0.3) is 10.9 Å². The number of H-pyrrole nitrogens is 1. The van der Waals surface area contributed by atoms with Crippen LogP contribution in [0.4, 0.5) is 0 Å². The second kappa shape index (κ2) is 5.98. The molecule has 0 spiro atoms. The number of likely N-dealkylation sites (tertiary alicyclic amines) is 1. The summed E-state index contributed by atoms with van der Waals surface area (Å²) in [5.41, 5.74) is 4.11. The molecule has 22 heavy (non-hydrogen) atoms. The molecule has 1 atom stereocenters. The van der Waals surface area contributed by atoms with E-state index >= 15 is 0 Å². The van der Waals surface area contributed by atoms with E-state index in [9.17, 15) is 0 Å². The molecule has 1 aliphatic rings. The Bertz CT molecular complexity index is 745. The van der Waals surface area contributed by atoms with Gasteiger partial charge in [0, 0.05) is 24.3 Å². The molecular weight excluding hydrogens is 268 g/mol. The predicted octanol–water partition coefficient (Wildman–Crippen LogP) is 4.90. The summed E-state index contributed by atoms with van der Waals surface area (Å²) < 4.78 is 0. The first-order valence-corrected chi connectivity index (χ1v) is 8.25. The van der Waals surface area contributed by atoms with Gasteiger partial charge in [0.05, 0.1) is 0 Å². The van der Waals surface area contributed by atoms with Crippen LogP contribution in [0.3, 0.4) is 0 Å². The van der Waals surface area contributed by atoms with Crippen LogP contribution >= 0.6 is 0 Å². The van der Waals surface area contributed by atoms with Crippen molar-refractivity contribution in [3.05, 3.63) is 71.9 Å². The minimum absolute atomic E-state index is 0.549. The number of rotatable bonds is 3. The van der Waals surface area contributed by atoms with Crippen LogP contribution in [-0.4, -0.2) is 16.4 Å². The molecule has 1 aliphatic heterocycles. The van der Waals surface area contributed by atoms with Crippen molar-refractivity contribution in [2.75, 3.05) is 6.54 Å². The summed E-state index contributed by atoms with van der Waals surface area (Å²) in [6.07, 6.45) is 5.94. The van der Waals surface area contributed by atoms with Gasteiger partial charge in [0.15, 0.2) is 0 Å². The molecule has 0 radical (unpaired) electrons. The van der Waals surface area contributed by atoms with Gasteiger partial charge in [-0.05, 0) is 54.1 Å². The zero-order valence-corrected chi connectivity index (χ0v) is 12.8. The highest BCUT2D eigenvalue weighted by Crippen LogP contribution is 2.33. The van der Waals surface area contributed by atoms with Gasteiger partial charge in [0.25, 0.3) is 0 Å². The quantitative estimate of drug-likeness (QED) is 0.727. The van der Waals surface area contributed by atoms with E-state index in [1.807, 2.05) is 6.20 Å². The van der Waals surface area contributed by atoms with Crippen molar-refractivity contribution in [2.24, 2.45) is 0 Å². The maximum Gasteiger partial charge on any atom is 0.0454 e. The number of hydrogen-bond donors (Lipinski definition) is 1. The Labute approximate surface area is 131 Å². The third-order valence-corrected chi connectivity index (χ3v) is 4.80. The highest BCUT2D eigenvalue weighted by molar-refractivity contribution is 5.80. The van der Waals surface area contributed by atoms with Crippen LogP contribution in [0.2, 0.25) is 0 Å². The van der Waals surface area contributed by atoms with Crippen LogP contribution in [0.5, 0.6) is 0 Å². The highest BCUT2D eigenvalue weighted by atomic mass is 15.2. The number of nitrogens with zero attached hydrogens (tertiary/aromatic N) is 1. The summed E-state index contributed by atoms with van der Waals surface area (Å²) in [5, 5.41) is 1.32. The highest BCUT2D eigenvalue weighted by Gasteiger charge is 2.24. The first-order chi connectivity index (χ1) is 10.9. The predicted molar refractivity (Wildman–Crippen MR) is 91.7 cm³/mol. The lowest BCUT2D eigenvalue weighted by atomic mass is 9.94. The zero-order chi connectivity index (χ0) is 14.8. The van der Waals surface area contributed by atoms with Crippen molar-refractivity contribution >= 4 is 10.9 Å². The number of hydrogen-bond acceptors (Lipinski definition) is 1. The standard InChI is InChI=1S/C20H22N2/c1-2-6-16(7-3-1)15-22-13-5-4-8-20(22)18-9-10-19-17(14-18)11-12-21-19/h1-3,6-7,9-12,14,20-21H,4-5,8,13,15H2/t20-/m0/s1. The average Bonchev–Trinajstić information content (AvgIpc) is 3.04. The molecule has 1 N–H and O–H groups in total. The van der Waals surface area contributed by atoms with Gasteiger partial charge in [-0.2, -0.15) is 0 Å². The fourth-order valence-electron chi connectivity index (χ4n) is 3.65. The molecule has 0 aliphatic carbocycles. The molecule has 0 unspecified atom stereocenters. The van der Waals surface area contributed by atoms with Crippen LogP contribution in [0, 0.1) is 0 Å². The Hall–Kier alpha value is -2.06. The Kier molecular flexibility index (Phi) is 3.69. The van der Waals surface area contributed by atoms with Gasteiger partial charge in [0.1, 0.15) is 0 Å². The molecule has 0 amide bonds. The van der Waals surface area contributed by atoms with Crippen molar-refractivity contribution in [2.45, 2.75) is 31.8 Å². The van der Waals surface area contributed by atoms with Crippen molar-refractivity contribution in [1.29, 1.82) is 0 Å². The first-order valence-electron chi connectivity index (χ1n) is 8.25. The molecule has 0 saturated carbocycles. The lowest BCUT2D eigenvalue weighted by Crippen LogP contribution is -2.32. The topological polar surface area (TPSA) is 19.0 Å². The molecule has 2 aromatic carbocycles. The number of piperidine rings is 1. The van der Waals surface area contributed by atoms with Crippen LogP contribution in [0.15, 0.2) is 60.8 Å². The number of fused-ring (bicyclic) bond motifs is 1. The monoisotopic (exact) mass is 290 g/mol. The summed E-state index contributed by atoms with van der Waals surface area (Å²) in [4.78, 5) is 5.93. The molecule has 0 bridgehead atoms. The largest absolute Gasteiger partial charge is 0.361 e. The van der Waals surface area contributed by atoms with Gasteiger partial charge < -0.3 is 4.98 Å². The Morgan fingerprint density at radius 1 is 1.00 bits per heavy atom. The number of aromatic nitrogens is 1. The molecule has 112 valence electrons. The van der Waals surface area contributed by atoms with E-state index in [0.717, 1.165) is 6.54 Å². The smallest absolute Gasteiger partial charge is 0.0454 e. The summed E-state index contributed by atoms with van der Waals surface area (Å²) >= 11 is 0. The summed E-state index contributed by atoms with van der Waals surface area (Å²) in [6.45, 7) is 2.25. The van der Waals surface area contributed by atoms with Gasteiger partial charge in [-0.15, -0.1) is 0 Å². The molecule has 3 aromatic rings. The number of nitrogens with one attached hydrogen (secondary N) is 1. The molecule has 2 nitrogen and oxygen atoms in total. The molecular formula is C20H22N2. The van der Waals surface area contributed by atoms with Crippen molar-refractivity contribution in [3.8, 4) is 0 Å². The van der Waals surface area contributed by atoms with E-state index in [-0.39, 0.29) is 0 Å². The molecule has 2 heteroatoms. The van der Waals surface area contributed by atoms with Crippen LogP contribution < -0.4 is 0 Å². The summed E-state index contributed by atoms with van der Waals surface area (Å²) in [6, 6.07) is 20.4. The maximum atomic E-state index is 3.29. The average molecular weight is 290 g/mol. The zero-order valence-electron chi connectivity index (χ0n) is 12.8. The van der Waals surface area contributed by atoms with E-state index in [1.54, 1.807) is 0 Å². The lowest BCUT2D eigenvalue weighted by Gasteiger charge is -2.36. The third kappa shape index (κ3) is 2.67. The fraction of sp³-hybridized carbons (Fsp3) is 0.300. The van der Waals surface area contributed by atoms with Gasteiger partial charge >= 0.3 is 0 Å². The van der Waals surface area contributed by atoms with E-state index in [2.05, 4.69) is 64.5 Å². The normalized spacial score (nSPS) is 19.5. The fourth-order valence-corrected chi connectivity index (χ4v) is 3.65. The summed E-state index contributed by atoms with van der Waals surface area (Å²) in [7, 11) is 0. The van der Waals surface area contributed by atoms with Gasteiger partial charge in [0.2, 0.25) is 0 Å². The van der Waals surface area contributed by atoms with Crippen LogP contribution in [-0.2, 0) is 6.54 Å².